The van der Waals surface area contributed by atoms with Crippen molar-refractivity contribution in [2.45, 2.75) is 38.5 Å². The van der Waals surface area contributed by atoms with Crippen LogP contribution < -0.4 is 10.6 Å². The molecule has 4 nitrogen and oxygen atoms in total. The number of nitrogens with zero attached hydrogens (tertiary/aromatic N) is 2. The van der Waals surface area contributed by atoms with Gasteiger partial charge in [-0.2, -0.15) is 0 Å². The summed E-state index contributed by atoms with van der Waals surface area (Å²) >= 11 is 6.25. The van der Waals surface area contributed by atoms with Gasteiger partial charge in [-0.15, -0.1) is 0 Å². The molecule has 2 N–H and O–H groups in total. The van der Waals surface area contributed by atoms with E-state index in [0.29, 0.717) is 16.0 Å². The highest BCUT2D eigenvalue weighted by Gasteiger charge is 2.37. The first-order valence-electron chi connectivity index (χ1n) is 7.30. The van der Waals surface area contributed by atoms with E-state index in [9.17, 15) is 4.79 Å². The lowest BCUT2D eigenvalue weighted by Gasteiger charge is -2.40. The number of halogens is 1. The zero-order valence-corrected chi connectivity index (χ0v) is 12.3. The fraction of sp³-hybridized carbons (Fsp3) is 0.600. The monoisotopic (exact) mass is 293 g/mol. The van der Waals surface area contributed by atoms with Gasteiger partial charge in [0.1, 0.15) is 5.82 Å². The fourth-order valence-electron chi connectivity index (χ4n) is 3.62. The summed E-state index contributed by atoms with van der Waals surface area (Å²) in [5.74, 6) is 0.291. The number of piperidine rings is 1. The van der Waals surface area contributed by atoms with Gasteiger partial charge in [-0.25, -0.2) is 4.98 Å². The van der Waals surface area contributed by atoms with Crippen LogP contribution in [-0.2, 0) is 0 Å². The summed E-state index contributed by atoms with van der Waals surface area (Å²) in [5, 5.41) is 0.517. The van der Waals surface area contributed by atoms with Gasteiger partial charge in [0, 0.05) is 19.3 Å². The van der Waals surface area contributed by atoms with Crippen molar-refractivity contribution < 1.29 is 4.79 Å². The Kier molecular flexibility index (Phi) is 3.59. The molecule has 0 atom stereocenters. The maximum Gasteiger partial charge on any atom is 0.250 e. The van der Waals surface area contributed by atoms with E-state index in [4.69, 9.17) is 17.3 Å². The van der Waals surface area contributed by atoms with E-state index in [-0.39, 0.29) is 0 Å². The molecule has 1 aliphatic carbocycles. The van der Waals surface area contributed by atoms with Gasteiger partial charge in [0.15, 0.2) is 0 Å². The number of amides is 1. The van der Waals surface area contributed by atoms with Crippen molar-refractivity contribution in [3.05, 3.63) is 22.8 Å². The average Bonchev–Trinajstić information content (AvgIpc) is 2.88. The van der Waals surface area contributed by atoms with Crippen molar-refractivity contribution in [2.24, 2.45) is 11.1 Å². The van der Waals surface area contributed by atoms with E-state index in [1.54, 1.807) is 6.07 Å². The summed E-state index contributed by atoms with van der Waals surface area (Å²) in [6.07, 6.45) is 9.48. The number of rotatable bonds is 2. The van der Waals surface area contributed by atoms with Gasteiger partial charge in [0.2, 0.25) is 5.91 Å². The van der Waals surface area contributed by atoms with Gasteiger partial charge in [-0.05, 0) is 37.2 Å². The summed E-state index contributed by atoms with van der Waals surface area (Å²) in [4.78, 5) is 17.7. The molecular weight excluding hydrogens is 274 g/mol. The Morgan fingerprint density at radius 3 is 2.45 bits per heavy atom. The number of hydrogen-bond donors (Lipinski definition) is 1. The highest BCUT2D eigenvalue weighted by molar-refractivity contribution is 6.33. The maximum absolute atomic E-state index is 11.1. The van der Waals surface area contributed by atoms with Crippen LogP contribution in [0.3, 0.4) is 0 Å². The molecular formula is C15H20ClN3O. The van der Waals surface area contributed by atoms with Gasteiger partial charge >= 0.3 is 0 Å². The van der Waals surface area contributed by atoms with E-state index in [1.807, 2.05) is 0 Å². The number of hydrogen-bond acceptors (Lipinski definition) is 3. The Morgan fingerprint density at radius 2 is 1.90 bits per heavy atom. The molecule has 5 heteroatoms. The lowest BCUT2D eigenvalue weighted by Crippen LogP contribution is -2.39. The molecule has 1 aliphatic heterocycles. The van der Waals surface area contributed by atoms with Crippen LogP contribution in [0.25, 0.3) is 0 Å². The first-order valence-corrected chi connectivity index (χ1v) is 7.68. The second-order valence-electron chi connectivity index (χ2n) is 6.09. The topological polar surface area (TPSA) is 59.2 Å². The van der Waals surface area contributed by atoms with Crippen molar-refractivity contribution in [1.29, 1.82) is 0 Å². The summed E-state index contributed by atoms with van der Waals surface area (Å²) in [5.41, 5.74) is 6.18. The molecule has 0 radical (unpaired) electrons. The zero-order chi connectivity index (χ0) is 14.2. The number of carbonyl (C=O) groups excluding carboxylic acids is 1. The van der Waals surface area contributed by atoms with Crippen molar-refractivity contribution in [3.8, 4) is 0 Å². The Balaban J connectivity index is 1.73. The molecule has 108 valence electrons. The molecule has 1 spiro atoms. The second-order valence-corrected chi connectivity index (χ2v) is 6.50. The van der Waals surface area contributed by atoms with Crippen molar-refractivity contribution >= 4 is 23.3 Å². The second kappa shape index (κ2) is 5.24. The standard InChI is InChI=1S/C15H20ClN3O/c16-12-9-11(13(17)20)10-18-14(12)19-7-5-15(6-8-19)3-1-2-4-15/h9-10H,1-8H2,(H2,17,20). The Bertz CT molecular complexity index is 516. The normalized spacial score (nSPS) is 21.4. The van der Waals surface area contributed by atoms with E-state index in [0.717, 1.165) is 18.9 Å². The summed E-state index contributed by atoms with van der Waals surface area (Å²) in [7, 11) is 0. The molecule has 0 aromatic carbocycles. The highest BCUT2D eigenvalue weighted by atomic mass is 35.5. The van der Waals surface area contributed by atoms with E-state index < -0.39 is 5.91 Å². The van der Waals surface area contributed by atoms with Crippen LogP contribution in [0.4, 0.5) is 5.82 Å². The van der Waals surface area contributed by atoms with Crippen molar-refractivity contribution in [3.63, 3.8) is 0 Å². The van der Waals surface area contributed by atoms with Crippen LogP contribution in [0.1, 0.15) is 48.9 Å². The van der Waals surface area contributed by atoms with Crippen LogP contribution in [0.15, 0.2) is 12.3 Å². The molecule has 2 aliphatic rings. The van der Waals surface area contributed by atoms with Crippen LogP contribution in [0.5, 0.6) is 0 Å². The average molecular weight is 294 g/mol. The van der Waals surface area contributed by atoms with Gasteiger partial charge in [-0.1, -0.05) is 24.4 Å². The van der Waals surface area contributed by atoms with Crippen LogP contribution >= 0.6 is 11.6 Å². The molecule has 20 heavy (non-hydrogen) atoms. The predicted octanol–water partition coefficient (Wildman–Crippen LogP) is 2.99. The lowest BCUT2D eigenvalue weighted by atomic mass is 9.77. The fourth-order valence-corrected chi connectivity index (χ4v) is 3.90. The van der Waals surface area contributed by atoms with Crippen LogP contribution in [-0.4, -0.2) is 24.0 Å². The first kappa shape index (κ1) is 13.7. The molecule has 3 rings (SSSR count). The van der Waals surface area contributed by atoms with Gasteiger partial charge in [-0.3, -0.25) is 4.79 Å². The number of anilines is 1. The minimum atomic E-state index is -0.491. The molecule has 1 saturated heterocycles. The van der Waals surface area contributed by atoms with Gasteiger partial charge < -0.3 is 10.6 Å². The smallest absolute Gasteiger partial charge is 0.250 e. The maximum atomic E-state index is 11.1. The van der Waals surface area contributed by atoms with Gasteiger partial charge in [0.25, 0.3) is 0 Å². The molecule has 2 fully saturated rings. The van der Waals surface area contributed by atoms with Crippen LogP contribution in [0, 0.1) is 5.41 Å². The third kappa shape index (κ3) is 2.49. The summed E-state index contributed by atoms with van der Waals surface area (Å²) < 4.78 is 0. The van der Waals surface area contributed by atoms with Crippen molar-refractivity contribution in [1.82, 2.24) is 4.98 Å². The molecule has 0 bridgehead atoms. The molecule has 0 unspecified atom stereocenters. The number of carbonyl (C=O) groups is 1. The lowest BCUT2D eigenvalue weighted by molar-refractivity contribution is 0.1000. The molecule has 1 saturated carbocycles. The molecule has 1 aromatic heterocycles. The minimum absolute atomic E-state index is 0.364. The summed E-state index contributed by atoms with van der Waals surface area (Å²) in [6, 6.07) is 1.62. The largest absolute Gasteiger partial charge is 0.366 e. The quantitative estimate of drug-likeness (QED) is 0.912. The van der Waals surface area contributed by atoms with E-state index in [2.05, 4.69) is 9.88 Å². The van der Waals surface area contributed by atoms with Gasteiger partial charge in [0.05, 0.1) is 10.6 Å². The number of pyridine rings is 1. The highest BCUT2D eigenvalue weighted by Crippen LogP contribution is 2.46. The number of primary amides is 1. The first-order chi connectivity index (χ1) is 9.60. The third-order valence-corrected chi connectivity index (χ3v) is 5.17. The predicted molar refractivity (Wildman–Crippen MR) is 80.1 cm³/mol. The number of nitrogens with two attached hydrogens (primary N) is 1. The molecule has 1 amide bonds. The zero-order valence-electron chi connectivity index (χ0n) is 11.6. The minimum Gasteiger partial charge on any atom is -0.366 e. The SMILES string of the molecule is NC(=O)c1cnc(N2CCC3(CCCC3)CC2)c(Cl)c1. The van der Waals surface area contributed by atoms with E-state index in [1.165, 1.54) is 44.7 Å². The Labute approximate surface area is 124 Å². The Morgan fingerprint density at radius 1 is 1.25 bits per heavy atom. The van der Waals surface area contributed by atoms with Crippen molar-refractivity contribution in [2.75, 3.05) is 18.0 Å². The Hall–Kier alpha value is -1.29. The van der Waals surface area contributed by atoms with E-state index >= 15 is 0 Å². The third-order valence-electron chi connectivity index (χ3n) is 4.89. The number of aromatic nitrogens is 1. The molecule has 2 heterocycles. The van der Waals surface area contributed by atoms with Crippen LogP contribution in [0.2, 0.25) is 5.02 Å². The molecule has 1 aromatic rings. The summed E-state index contributed by atoms with van der Waals surface area (Å²) in [6.45, 7) is 2.01.